The summed E-state index contributed by atoms with van der Waals surface area (Å²) in [5, 5.41) is 19.7. The van der Waals surface area contributed by atoms with E-state index in [1.165, 1.54) is 20.9 Å². The van der Waals surface area contributed by atoms with E-state index in [9.17, 15) is 0 Å². The van der Waals surface area contributed by atoms with Crippen LogP contribution in [0.2, 0.25) is 0 Å². The van der Waals surface area contributed by atoms with Crippen LogP contribution in [0.3, 0.4) is 0 Å². The molecular weight excluding hydrogens is 611 g/mol. The third kappa shape index (κ3) is 12.6. The quantitative estimate of drug-likeness (QED) is 0.201. The molecule has 4 heterocycles. The molecule has 0 N–H and O–H groups in total. The zero-order valence-corrected chi connectivity index (χ0v) is 33.7. The SMILES string of the molecule is CC(C)c1cnsc1C(C)C.CC(C)c1cnsc1C(C)C.CC(C)c1nnnn1C(C)(C)C.CC(C)n1cnnc1C(C)(C)C. The third-order valence-electron chi connectivity index (χ3n) is 6.99. The number of rotatable bonds is 6. The van der Waals surface area contributed by atoms with Crippen LogP contribution in [0, 0.1) is 0 Å². The molecule has 0 spiro atoms. The molecule has 0 fully saturated rings. The molecule has 0 saturated heterocycles. The molecule has 4 aromatic heterocycles. The van der Waals surface area contributed by atoms with Crippen molar-refractivity contribution in [3.63, 3.8) is 0 Å². The molecule has 0 unspecified atom stereocenters. The normalized spacial score (nSPS) is 12.0. The Kier molecular flexibility index (Phi) is 16.4. The maximum atomic E-state index is 4.21. The van der Waals surface area contributed by atoms with E-state index in [1.807, 2.05) is 17.1 Å². The van der Waals surface area contributed by atoms with Gasteiger partial charge in [-0.3, -0.25) is 0 Å². The van der Waals surface area contributed by atoms with Crippen molar-refractivity contribution < 1.29 is 0 Å². The van der Waals surface area contributed by atoms with Crippen LogP contribution in [0.1, 0.15) is 193 Å². The number of tetrazole rings is 1. The van der Waals surface area contributed by atoms with Crippen molar-refractivity contribution in [2.75, 3.05) is 0 Å². The lowest BCUT2D eigenvalue weighted by atomic mass is 9.95. The lowest BCUT2D eigenvalue weighted by Gasteiger charge is -2.20. The first kappa shape index (κ1) is 41.5. The fourth-order valence-corrected chi connectivity index (χ4v) is 6.22. The van der Waals surface area contributed by atoms with Gasteiger partial charge in [0.15, 0.2) is 5.82 Å². The van der Waals surface area contributed by atoms with Crippen LogP contribution in [0.5, 0.6) is 0 Å². The molecule has 0 aliphatic carbocycles. The highest BCUT2D eigenvalue weighted by atomic mass is 32.1. The first-order valence-electron chi connectivity index (χ1n) is 16.7. The highest BCUT2D eigenvalue weighted by molar-refractivity contribution is 7.06. The summed E-state index contributed by atoms with van der Waals surface area (Å²) in [6, 6.07) is 0.439. The summed E-state index contributed by atoms with van der Waals surface area (Å²) in [5.41, 5.74) is 2.90. The standard InChI is InChI=1S/C9H17N3.2C9H15NS.C8H16N4/c1-7(2)12-6-10-11-8(12)9(3,4)5;2*1-6(2)8-5-10-11-9(8)7(3)4;1-6(2)7-9-10-11-12(7)8(3,4)5/h6-7H,1-5H3;2*5-7H,1-4H3;6H,1-5H3. The van der Waals surface area contributed by atoms with Crippen LogP contribution in [-0.4, -0.2) is 43.7 Å². The van der Waals surface area contributed by atoms with E-state index >= 15 is 0 Å². The van der Waals surface area contributed by atoms with E-state index in [-0.39, 0.29) is 11.0 Å². The van der Waals surface area contributed by atoms with Gasteiger partial charge in [-0.05, 0) is 103 Å². The monoisotopic (exact) mass is 673 g/mol. The van der Waals surface area contributed by atoms with E-state index in [1.54, 1.807) is 29.4 Å². The second-order valence-corrected chi connectivity index (χ2v) is 17.3. The first-order chi connectivity index (χ1) is 21.1. The number of nitrogens with zero attached hydrogens (tertiary/aromatic N) is 9. The molecule has 0 aliphatic rings. The van der Waals surface area contributed by atoms with Crippen molar-refractivity contribution in [1.82, 2.24) is 43.7 Å². The molecule has 0 amide bonds. The molecule has 0 atom stereocenters. The zero-order chi connectivity index (χ0) is 35.6. The predicted molar refractivity (Wildman–Crippen MR) is 197 cm³/mol. The summed E-state index contributed by atoms with van der Waals surface area (Å²) in [7, 11) is 0. The lowest BCUT2D eigenvalue weighted by molar-refractivity contribution is 0.330. The Morgan fingerprint density at radius 2 is 1.07 bits per heavy atom. The zero-order valence-electron chi connectivity index (χ0n) is 32.0. The lowest BCUT2D eigenvalue weighted by Crippen LogP contribution is -2.26. The van der Waals surface area contributed by atoms with E-state index in [4.69, 9.17) is 0 Å². The van der Waals surface area contributed by atoms with Crippen molar-refractivity contribution in [1.29, 1.82) is 0 Å². The predicted octanol–water partition coefficient (Wildman–Crippen LogP) is 10.5. The van der Waals surface area contributed by atoms with Crippen LogP contribution in [0.15, 0.2) is 18.7 Å². The Morgan fingerprint density at radius 3 is 1.33 bits per heavy atom. The first-order valence-corrected chi connectivity index (χ1v) is 18.2. The van der Waals surface area contributed by atoms with E-state index in [0.29, 0.717) is 35.6 Å². The molecule has 46 heavy (non-hydrogen) atoms. The minimum absolute atomic E-state index is 0.0247. The molecule has 0 radical (unpaired) electrons. The molecule has 0 saturated carbocycles. The van der Waals surface area contributed by atoms with Crippen LogP contribution in [0.25, 0.3) is 0 Å². The maximum absolute atomic E-state index is 4.21. The van der Waals surface area contributed by atoms with Crippen molar-refractivity contribution in [2.24, 2.45) is 0 Å². The summed E-state index contributed by atoms with van der Waals surface area (Å²) in [5.74, 6) is 4.86. The average molecular weight is 674 g/mol. The highest BCUT2D eigenvalue weighted by Gasteiger charge is 2.22. The fraction of sp³-hybridized carbons (Fsp3) is 0.743. The van der Waals surface area contributed by atoms with Crippen molar-refractivity contribution in [2.45, 2.75) is 171 Å². The molecule has 9 nitrogen and oxygen atoms in total. The average Bonchev–Trinajstić information content (AvgIpc) is 3.74. The molecule has 11 heteroatoms. The van der Waals surface area contributed by atoms with Crippen LogP contribution in [-0.2, 0) is 11.0 Å². The summed E-state index contributed by atoms with van der Waals surface area (Å²) in [6.45, 7) is 38.9. The van der Waals surface area contributed by atoms with Gasteiger partial charge in [0.25, 0.3) is 0 Å². The number of aromatic nitrogens is 9. The second kappa shape index (κ2) is 18.1. The summed E-state index contributed by atoms with van der Waals surface area (Å²) < 4.78 is 12.4. The van der Waals surface area contributed by atoms with Gasteiger partial charge in [-0.25, -0.2) is 13.4 Å². The summed E-state index contributed by atoms with van der Waals surface area (Å²) in [6.07, 6.45) is 5.81. The topological polar surface area (TPSA) is 100 Å². The van der Waals surface area contributed by atoms with Gasteiger partial charge in [0.05, 0.1) is 5.54 Å². The van der Waals surface area contributed by atoms with Crippen molar-refractivity contribution in [3.8, 4) is 0 Å². The molecule has 4 aromatic rings. The minimum atomic E-state index is -0.0247. The van der Waals surface area contributed by atoms with Crippen LogP contribution in [0.4, 0.5) is 0 Å². The molecule has 0 aliphatic heterocycles. The van der Waals surface area contributed by atoms with Gasteiger partial charge in [-0.2, -0.15) is 0 Å². The van der Waals surface area contributed by atoms with Gasteiger partial charge >= 0.3 is 0 Å². The Hall–Kier alpha value is -2.53. The fourth-order valence-electron chi connectivity index (χ4n) is 4.45. The molecule has 4 rings (SSSR count). The van der Waals surface area contributed by atoms with E-state index in [0.717, 1.165) is 11.6 Å². The number of hydrogen-bond donors (Lipinski definition) is 0. The van der Waals surface area contributed by atoms with Gasteiger partial charge in [0, 0.05) is 39.5 Å². The van der Waals surface area contributed by atoms with Gasteiger partial charge in [-0.1, -0.05) is 90.0 Å². The smallest absolute Gasteiger partial charge is 0.154 e. The Morgan fingerprint density at radius 1 is 0.609 bits per heavy atom. The molecule has 260 valence electrons. The van der Waals surface area contributed by atoms with Gasteiger partial charge < -0.3 is 4.57 Å². The third-order valence-corrected chi connectivity index (χ3v) is 9.22. The summed E-state index contributed by atoms with van der Waals surface area (Å²) >= 11 is 3.27. The van der Waals surface area contributed by atoms with Crippen LogP contribution < -0.4 is 0 Å². The second-order valence-electron chi connectivity index (χ2n) is 15.6. The highest BCUT2D eigenvalue weighted by Crippen LogP contribution is 2.29. The molecule has 0 bridgehead atoms. The van der Waals surface area contributed by atoms with Crippen molar-refractivity contribution >= 4 is 23.1 Å². The van der Waals surface area contributed by atoms with E-state index < -0.39 is 0 Å². The molecule has 0 aromatic carbocycles. The number of hydrogen-bond acceptors (Lipinski definition) is 9. The Labute approximate surface area is 288 Å². The largest absolute Gasteiger partial charge is 0.315 e. The van der Waals surface area contributed by atoms with Gasteiger partial charge in [-0.15, -0.1) is 15.3 Å². The Balaban J connectivity index is 0.000000307. The van der Waals surface area contributed by atoms with Crippen molar-refractivity contribution in [3.05, 3.63) is 51.3 Å². The van der Waals surface area contributed by atoms with Crippen LogP contribution >= 0.6 is 23.1 Å². The van der Waals surface area contributed by atoms with Gasteiger partial charge in [0.1, 0.15) is 12.2 Å². The maximum Gasteiger partial charge on any atom is 0.154 e. The summed E-state index contributed by atoms with van der Waals surface area (Å²) in [4.78, 5) is 2.89. The molecular formula is C35H63N9S2. The minimum Gasteiger partial charge on any atom is -0.315 e. The van der Waals surface area contributed by atoms with Gasteiger partial charge in [0.2, 0.25) is 0 Å². The van der Waals surface area contributed by atoms with E-state index in [2.05, 4.69) is 164 Å². The Bertz CT molecular complexity index is 1240.